The molecule has 0 aliphatic carbocycles. The molecule has 0 saturated heterocycles. The fourth-order valence-electron chi connectivity index (χ4n) is 0. The van der Waals surface area contributed by atoms with Crippen molar-refractivity contribution in [3.63, 3.8) is 0 Å². The van der Waals surface area contributed by atoms with Crippen LogP contribution in [0.5, 0.6) is 0 Å². The summed E-state index contributed by atoms with van der Waals surface area (Å²) in [4.78, 5) is 0. The van der Waals surface area contributed by atoms with Gasteiger partial charge in [0.25, 0.3) is 0 Å². The van der Waals surface area contributed by atoms with Crippen LogP contribution in [0, 0.1) is 0 Å². The second-order valence-electron chi connectivity index (χ2n) is 1.28. The average Bonchev–Trinajstić information content (AvgIpc) is 1.02. The molecule has 0 bridgehead atoms. The minimum absolute atomic E-state index is 0. The summed E-state index contributed by atoms with van der Waals surface area (Å²) in [7, 11) is 0. The molecule has 0 saturated carbocycles. The summed E-state index contributed by atoms with van der Waals surface area (Å²) in [5, 5.41) is 0. The van der Waals surface area contributed by atoms with Gasteiger partial charge in [0.2, 0.25) is 0 Å². The summed E-state index contributed by atoms with van der Waals surface area (Å²) < 4.78 is 98.9. The normalized spacial score (nSPS) is 16.4. The van der Waals surface area contributed by atoms with Crippen LogP contribution < -0.4 is 9.41 Å². The van der Waals surface area contributed by atoms with Gasteiger partial charge in [-0.3, -0.25) is 0 Å². The summed E-state index contributed by atoms with van der Waals surface area (Å²) in [5.74, 6) is 0. The standard InChI is InChI=1S/2AsF5.2FH/c2*2-1(3,4,5)6;;/h;;2*1H/p-2. The van der Waals surface area contributed by atoms with Crippen molar-refractivity contribution in [1.82, 2.24) is 0 Å². The first-order valence-electron chi connectivity index (χ1n) is 1.69. The third-order valence-corrected chi connectivity index (χ3v) is 0. The fraction of sp³-hybridized carbons (Fsp3) is 0. The summed E-state index contributed by atoms with van der Waals surface area (Å²) in [6.45, 7) is 0. The monoisotopic (exact) mass is 378 g/mol. The van der Waals surface area contributed by atoms with Crippen LogP contribution in [0.15, 0.2) is 0 Å². The Kier molecular flexibility index (Phi) is 8.28. The van der Waals surface area contributed by atoms with Crippen molar-refractivity contribution < 1.29 is 44.1 Å². The molecule has 0 aromatic heterocycles. The van der Waals surface area contributed by atoms with Crippen LogP contribution in [-0.4, -0.2) is 29.6 Å². The SMILES string of the molecule is F[As](F)(F)(F)F.F[As](F)(F)(F)F.[F-].[F-]. The Balaban J connectivity index is -0.0000000625. The molecule has 0 amide bonds. The van der Waals surface area contributed by atoms with Crippen molar-refractivity contribution in [3.05, 3.63) is 0 Å². The van der Waals surface area contributed by atoms with E-state index in [0.717, 1.165) is 0 Å². The maximum absolute atomic E-state index is 9.89. The molecule has 0 spiro atoms. The third kappa shape index (κ3) is 20400. The molecule has 0 heterocycles. The van der Waals surface area contributed by atoms with Gasteiger partial charge < -0.3 is 9.41 Å². The second kappa shape index (κ2) is 4.87. The first-order valence-corrected chi connectivity index (χ1v) is 8.78. The molecule has 0 aliphatic heterocycles. The minimum atomic E-state index is -8.99. The Labute approximate surface area is 74.3 Å². The zero-order chi connectivity index (χ0) is 10.9. The number of hydrogen-bond acceptors (Lipinski definition) is 0. The average molecular weight is 378 g/mol. The van der Waals surface area contributed by atoms with Gasteiger partial charge >= 0.3 is 64.3 Å². The zero-order valence-corrected chi connectivity index (χ0v) is 9.18. The van der Waals surface area contributed by atoms with E-state index in [9.17, 15) is 34.7 Å². The number of halogens is 12. The largest absolute Gasteiger partial charge is 1.00 e. The van der Waals surface area contributed by atoms with Crippen LogP contribution in [-0.2, 0) is 0 Å². The van der Waals surface area contributed by atoms with Gasteiger partial charge in [0, 0.05) is 0 Å². The van der Waals surface area contributed by atoms with E-state index in [1.54, 1.807) is 0 Å². The van der Waals surface area contributed by atoms with Crippen molar-refractivity contribution in [3.8, 4) is 0 Å². The molecule has 14 heavy (non-hydrogen) atoms. The maximum atomic E-state index is 9.89. The Morgan fingerprint density at radius 1 is 0.357 bits per heavy atom. The summed E-state index contributed by atoms with van der Waals surface area (Å²) >= 11 is -18.0. The fourth-order valence-corrected chi connectivity index (χ4v) is 0. The quantitative estimate of drug-likeness (QED) is 0.322. The molecular weight excluding hydrogens is 378 g/mol. The second-order valence-corrected chi connectivity index (χ2v) is 6.64. The van der Waals surface area contributed by atoms with Crippen molar-refractivity contribution in [2.24, 2.45) is 0 Å². The van der Waals surface area contributed by atoms with Crippen molar-refractivity contribution in [2.75, 3.05) is 0 Å². The van der Waals surface area contributed by atoms with E-state index in [4.69, 9.17) is 0 Å². The van der Waals surface area contributed by atoms with Gasteiger partial charge in [-0.1, -0.05) is 0 Å². The van der Waals surface area contributed by atoms with E-state index in [2.05, 4.69) is 0 Å². The van der Waals surface area contributed by atoms with Gasteiger partial charge in [-0.15, -0.1) is 0 Å². The topological polar surface area (TPSA) is 0 Å². The maximum Gasteiger partial charge on any atom is -1.00 e. The Hall–Kier alpha value is 0.277. The van der Waals surface area contributed by atoms with E-state index in [1.165, 1.54) is 0 Å². The minimum Gasteiger partial charge on any atom is -1.00 e. The van der Waals surface area contributed by atoms with Crippen LogP contribution in [0.25, 0.3) is 0 Å². The molecular formula is As2F12-2. The molecule has 0 nitrogen and oxygen atoms in total. The van der Waals surface area contributed by atoms with E-state index in [0.29, 0.717) is 0 Å². The summed E-state index contributed by atoms with van der Waals surface area (Å²) in [5.41, 5.74) is 0. The van der Waals surface area contributed by atoms with Gasteiger partial charge in [-0.2, -0.15) is 0 Å². The van der Waals surface area contributed by atoms with Crippen LogP contribution in [0.4, 0.5) is 34.7 Å². The van der Waals surface area contributed by atoms with Crippen LogP contribution in [0.1, 0.15) is 0 Å². The Morgan fingerprint density at radius 2 is 0.357 bits per heavy atom. The number of hydrogen-bond donors (Lipinski definition) is 0. The van der Waals surface area contributed by atoms with Gasteiger partial charge in [-0.05, 0) is 0 Å². The first kappa shape index (κ1) is 23.8. The summed E-state index contributed by atoms with van der Waals surface area (Å²) in [6, 6.07) is 0. The molecule has 0 fully saturated rings. The molecule has 0 aliphatic rings. The predicted octanol–water partition coefficient (Wildman–Crippen LogP) is -2.55. The third-order valence-electron chi connectivity index (χ3n) is 0. The molecule has 0 aromatic rings. The van der Waals surface area contributed by atoms with E-state index in [1.807, 2.05) is 0 Å². The smallest absolute Gasteiger partial charge is 1.00 e. The van der Waals surface area contributed by atoms with Gasteiger partial charge in [0.05, 0.1) is 0 Å². The molecule has 0 unspecified atom stereocenters. The molecule has 0 radical (unpaired) electrons. The number of rotatable bonds is 0. The summed E-state index contributed by atoms with van der Waals surface area (Å²) in [6.07, 6.45) is 0. The Bertz CT molecular complexity index is 94.7. The van der Waals surface area contributed by atoms with Crippen molar-refractivity contribution in [1.29, 1.82) is 0 Å². The van der Waals surface area contributed by atoms with E-state index in [-0.39, 0.29) is 9.41 Å². The molecule has 0 N–H and O–H groups in total. The Morgan fingerprint density at radius 3 is 0.357 bits per heavy atom. The van der Waals surface area contributed by atoms with Gasteiger partial charge in [0.15, 0.2) is 0 Å². The molecule has 0 aromatic carbocycles. The first-order chi connectivity index (χ1) is 4.47. The molecule has 0 rings (SSSR count). The predicted molar refractivity (Wildman–Crippen MR) is 22.6 cm³/mol. The zero-order valence-electron chi connectivity index (χ0n) is 5.43. The van der Waals surface area contributed by atoms with Crippen LogP contribution in [0.3, 0.4) is 0 Å². The van der Waals surface area contributed by atoms with Crippen LogP contribution >= 0.6 is 0 Å². The molecule has 96 valence electrons. The van der Waals surface area contributed by atoms with Crippen molar-refractivity contribution in [2.45, 2.75) is 0 Å². The van der Waals surface area contributed by atoms with Crippen LogP contribution in [0.2, 0.25) is 0 Å². The van der Waals surface area contributed by atoms with E-state index >= 15 is 0 Å². The van der Waals surface area contributed by atoms with E-state index < -0.39 is 29.6 Å². The van der Waals surface area contributed by atoms with Gasteiger partial charge in [0.1, 0.15) is 0 Å². The molecule has 0 atom stereocenters. The molecule has 14 heteroatoms. The van der Waals surface area contributed by atoms with Gasteiger partial charge in [-0.25, -0.2) is 0 Å². The van der Waals surface area contributed by atoms with Crippen molar-refractivity contribution >= 4 is 29.6 Å².